The summed E-state index contributed by atoms with van der Waals surface area (Å²) in [5.74, 6) is 1.35. The lowest BCUT2D eigenvalue weighted by Gasteiger charge is -2.48. The van der Waals surface area contributed by atoms with Gasteiger partial charge < -0.3 is 10.8 Å². The van der Waals surface area contributed by atoms with Gasteiger partial charge in [0.2, 0.25) is 0 Å². The summed E-state index contributed by atoms with van der Waals surface area (Å²) in [6, 6.07) is 8.04. The number of fused-ring (bicyclic) bond motifs is 2. The molecule has 4 unspecified atom stereocenters. The Hall–Kier alpha value is -0.380. The maximum atomic E-state index is 11.3. The Kier molecular flexibility index (Phi) is 3.27. The molecular weight excluding hydrogens is 302 g/mol. The molecule has 2 bridgehead atoms. The molecule has 104 valence electrons. The largest absolute Gasteiger partial charge is 0.385 e. The van der Waals surface area contributed by atoms with E-state index in [0.29, 0.717) is 12.5 Å². The summed E-state index contributed by atoms with van der Waals surface area (Å²) in [5.41, 5.74) is 6.15. The number of nitrogens with two attached hydrogens (primary N) is 1. The van der Waals surface area contributed by atoms with Gasteiger partial charge in [-0.3, -0.25) is 0 Å². The summed E-state index contributed by atoms with van der Waals surface area (Å²) in [7, 11) is 0. The number of aliphatic hydroxyl groups is 1. The molecule has 0 heterocycles. The summed E-state index contributed by atoms with van der Waals surface area (Å²) >= 11 is 3.50. The molecule has 3 rings (SSSR count). The first-order valence-electron chi connectivity index (χ1n) is 7.18. The smallest absolute Gasteiger partial charge is 0.0939 e. The van der Waals surface area contributed by atoms with E-state index in [9.17, 15) is 5.11 Å². The molecule has 2 aliphatic carbocycles. The van der Waals surface area contributed by atoms with E-state index >= 15 is 0 Å². The van der Waals surface area contributed by atoms with Crippen LogP contribution in [0.1, 0.15) is 38.2 Å². The molecule has 2 nitrogen and oxygen atoms in total. The van der Waals surface area contributed by atoms with Crippen molar-refractivity contribution in [2.75, 3.05) is 6.54 Å². The zero-order chi connectivity index (χ0) is 13.7. The fraction of sp³-hybridized carbons (Fsp3) is 0.625. The number of halogens is 1. The third-order valence-electron chi connectivity index (χ3n) is 5.70. The van der Waals surface area contributed by atoms with Crippen molar-refractivity contribution in [3.63, 3.8) is 0 Å². The maximum absolute atomic E-state index is 11.3. The predicted octanol–water partition coefficient (Wildman–Crippen LogP) is 3.42. The number of hydrogen-bond acceptors (Lipinski definition) is 2. The molecule has 0 aromatic heterocycles. The molecule has 2 aliphatic rings. The van der Waals surface area contributed by atoms with E-state index in [2.05, 4.69) is 15.9 Å². The monoisotopic (exact) mass is 323 g/mol. The molecule has 2 saturated carbocycles. The number of rotatable bonds is 3. The van der Waals surface area contributed by atoms with E-state index in [-0.39, 0.29) is 5.41 Å². The van der Waals surface area contributed by atoms with Crippen molar-refractivity contribution >= 4 is 15.9 Å². The lowest BCUT2D eigenvalue weighted by Crippen LogP contribution is -2.51. The van der Waals surface area contributed by atoms with Gasteiger partial charge in [-0.1, -0.05) is 34.5 Å². The summed E-state index contributed by atoms with van der Waals surface area (Å²) < 4.78 is 1.01. The second-order valence-corrected chi connectivity index (χ2v) is 7.44. The van der Waals surface area contributed by atoms with Crippen molar-refractivity contribution in [1.82, 2.24) is 0 Å². The Labute approximate surface area is 123 Å². The van der Waals surface area contributed by atoms with E-state index < -0.39 is 5.60 Å². The maximum Gasteiger partial charge on any atom is 0.0939 e. The normalized spacial score (nSPS) is 36.4. The zero-order valence-corrected chi connectivity index (χ0v) is 13.0. The molecule has 19 heavy (non-hydrogen) atoms. The standard InChI is InChI=1S/C16H22BrNO/c1-15(19,12-3-2-4-14(17)8-12)16(10-18)9-11-5-6-13(16)7-11/h2-4,8,11,13,19H,5-7,9-10,18H2,1H3. The molecule has 4 atom stereocenters. The van der Waals surface area contributed by atoms with Crippen molar-refractivity contribution in [2.24, 2.45) is 23.0 Å². The Morgan fingerprint density at radius 1 is 1.47 bits per heavy atom. The van der Waals surface area contributed by atoms with Crippen LogP contribution in [-0.4, -0.2) is 11.7 Å². The van der Waals surface area contributed by atoms with Crippen LogP contribution in [0.2, 0.25) is 0 Å². The van der Waals surface area contributed by atoms with Gasteiger partial charge in [-0.15, -0.1) is 0 Å². The highest BCUT2D eigenvalue weighted by Gasteiger charge is 2.59. The minimum absolute atomic E-state index is 0.142. The molecule has 0 spiro atoms. The molecule has 0 amide bonds. The average molecular weight is 324 g/mol. The van der Waals surface area contributed by atoms with Gasteiger partial charge in [0.1, 0.15) is 0 Å². The Bertz CT molecular complexity index is 487. The van der Waals surface area contributed by atoms with E-state index in [0.717, 1.165) is 22.4 Å². The highest BCUT2D eigenvalue weighted by atomic mass is 79.9. The zero-order valence-electron chi connectivity index (χ0n) is 11.4. The lowest BCUT2D eigenvalue weighted by molar-refractivity contribution is -0.103. The lowest BCUT2D eigenvalue weighted by atomic mass is 9.60. The Morgan fingerprint density at radius 3 is 2.79 bits per heavy atom. The fourth-order valence-electron chi connectivity index (χ4n) is 4.57. The minimum atomic E-state index is -0.842. The van der Waals surface area contributed by atoms with Crippen LogP contribution in [-0.2, 0) is 5.60 Å². The summed E-state index contributed by atoms with van der Waals surface area (Å²) in [6.45, 7) is 2.54. The SMILES string of the molecule is CC(O)(c1cccc(Br)c1)C1(CN)CC2CCC1C2. The highest BCUT2D eigenvalue weighted by Crippen LogP contribution is 2.62. The number of benzene rings is 1. The predicted molar refractivity (Wildman–Crippen MR) is 80.6 cm³/mol. The van der Waals surface area contributed by atoms with Crippen LogP contribution >= 0.6 is 15.9 Å². The molecule has 1 aromatic carbocycles. The number of hydrogen-bond donors (Lipinski definition) is 2. The Balaban J connectivity index is 2.03. The quantitative estimate of drug-likeness (QED) is 0.895. The van der Waals surface area contributed by atoms with Crippen LogP contribution in [0.3, 0.4) is 0 Å². The van der Waals surface area contributed by atoms with Gasteiger partial charge in [-0.2, -0.15) is 0 Å². The fourth-order valence-corrected chi connectivity index (χ4v) is 4.97. The highest BCUT2D eigenvalue weighted by molar-refractivity contribution is 9.10. The van der Waals surface area contributed by atoms with Gasteiger partial charge in [-0.05, 0) is 55.7 Å². The molecule has 3 N–H and O–H groups in total. The third-order valence-corrected chi connectivity index (χ3v) is 6.19. The van der Waals surface area contributed by atoms with Crippen molar-refractivity contribution in [3.8, 4) is 0 Å². The van der Waals surface area contributed by atoms with Crippen LogP contribution in [0.15, 0.2) is 28.7 Å². The summed E-state index contributed by atoms with van der Waals surface area (Å²) in [5, 5.41) is 11.3. The van der Waals surface area contributed by atoms with E-state index in [1.165, 1.54) is 19.3 Å². The van der Waals surface area contributed by atoms with E-state index in [4.69, 9.17) is 5.73 Å². The molecule has 0 radical (unpaired) electrons. The first-order chi connectivity index (χ1) is 8.99. The third kappa shape index (κ3) is 1.90. The summed E-state index contributed by atoms with van der Waals surface area (Å²) in [6.07, 6.45) is 4.88. The van der Waals surface area contributed by atoms with Crippen LogP contribution in [0.4, 0.5) is 0 Å². The van der Waals surface area contributed by atoms with Crippen molar-refractivity contribution < 1.29 is 5.11 Å². The second-order valence-electron chi connectivity index (χ2n) is 6.52. The minimum Gasteiger partial charge on any atom is -0.385 e. The van der Waals surface area contributed by atoms with Crippen LogP contribution in [0.5, 0.6) is 0 Å². The molecular formula is C16H22BrNO. The van der Waals surface area contributed by atoms with Gasteiger partial charge in [0.05, 0.1) is 5.60 Å². The van der Waals surface area contributed by atoms with E-state index in [1.807, 2.05) is 31.2 Å². The molecule has 0 aliphatic heterocycles. The first kappa shape index (κ1) is 13.6. The first-order valence-corrected chi connectivity index (χ1v) is 7.97. The summed E-state index contributed by atoms with van der Waals surface area (Å²) in [4.78, 5) is 0. The van der Waals surface area contributed by atoms with Gasteiger partial charge >= 0.3 is 0 Å². The van der Waals surface area contributed by atoms with Gasteiger partial charge in [0, 0.05) is 16.4 Å². The molecule has 0 saturated heterocycles. The second kappa shape index (κ2) is 4.57. The van der Waals surface area contributed by atoms with Crippen molar-refractivity contribution in [2.45, 2.75) is 38.2 Å². The van der Waals surface area contributed by atoms with Gasteiger partial charge in [-0.25, -0.2) is 0 Å². The molecule has 3 heteroatoms. The topological polar surface area (TPSA) is 46.2 Å². The van der Waals surface area contributed by atoms with Crippen LogP contribution < -0.4 is 5.73 Å². The van der Waals surface area contributed by atoms with Crippen LogP contribution in [0, 0.1) is 17.3 Å². The van der Waals surface area contributed by atoms with Gasteiger partial charge in [0.25, 0.3) is 0 Å². The van der Waals surface area contributed by atoms with E-state index in [1.54, 1.807) is 0 Å². The average Bonchev–Trinajstić information content (AvgIpc) is 2.99. The van der Waals surface area contributed by atoms with Crippen molar-refractivity contribution in [3.05, 3.63) is 34.3 Å². The van der Waals surface area contributed by atoms with Crippen LogP contribution in [0.25, 0.3) is 0 Å². The molecule has 1 aromatic rings. The van der Waals surface area contributed by atoms with Gasteiger partial charge in [0.15, 0.2) is 0 Å². The Morgan fingerprint density at radius 2 is 2.26 bits per heavy atom. The van der Waals surface area contributed by atoms with Crippen molar-refractivity contribution in [1.29, 1.82) is 0 Å². The molecule has 2 fully saturated rings.